The molecule has 0 saturated carbocycles. The van der Waals surface area contributed by atoms with E-state index in [1.807, 2.05) is 0 Å². The largest absolute Gasteiger partial charge is 0.182 e. The standard InChI is InChI=1S/C8Cl8/c9-3-1-2(4(10)6(12)5(3)11)8(15,16)7(1,13)14. The molecule has 0 spiro atoms. The van der Waals surface area contributed by atoms with Gasteiger partial charge in [0.25, 0.3) is 0 Å². The fourth-order valence-corrected chi connectivity index (χ4v) is 3.94. The van der Waals surface area contributed by atoms with E-state index in [0.717, 1.165) is 0 Å². The van der Waals surface area contributed by atoms with E-state index in [-0.39, 0.29) is 20.1 Å². The molecule has 8 heteroatoms. The van der Waals surface area contributed by atoms with Crippen LogP contribution in [0.15, 0.2) is 0 Å². The van der Waals surface area contributed by atoms with Gasteiger partial charge in [0, 0.05) is 11.1 Å². The van der Waals surface area contributed by atoms with Crippen LogP contribution in [0.2, 0.25) is 20.1 Å². The van der Waals surface area contributed by atoms with E-state index < -0.39 is 8.67 Å². The van der Waals surface area contributed by atoms with Crippen LogP contribution < -0.4 is 0 Å². The summed E-state index contributed by atoms with van der Waals surface area (Å²) in [5.41, 5.74) is 0.587. The van der Waals surface area contributed by atoms with Gasteiger partial charge in [0.05, 0.1) is 20.1 Å². The lowest BCUT2D eigenvalue weighted by atomic mass is 9.85. The lowest BCUT2D eigenvalue weighted by molar-refractivity contribution is 0.633. The van der Waals surface area contributed by atoms with Crippen molar-refractivity contribution in [2.24, 2.45) is 0 Å². The number of halogens is 8. The van der Waals surface area contributed by atoms with E-state index in [1.54, 1.807) is 0 Å². The van der Waals surface area contributed by atoms with Crippen molar-refractivity contribution in [2.45, 2.75) is 8.67 Å². The maximum Gasteiger partial charge on any atom is 0.182 e. The van der Waals surface area contributed by atoms with E-state index in [2.05, 4.69) is 0 Å². The molecule has 0 unspecified atom stereocenters. The molecule has 0 radical (unpaired) electrons. The molecule has 0 atom stereocenters. The van der Waals surface area contributed by atoms with Gasteiger partial charge in [-0.3, -0.25) is 0 Å². The van der Waals surface area contributed by atoms with Crippen LogP contribution in [0.3, 0.4) is 0 Å². The Morgan fingerprint density at radius 3 is 1.00 bits per heavy atom. The van der Waals surface area contributed by atoms with Gasteiger partial charge in [0.15, 0.2) is 8.67 Å². The van der Waals surface area contributed by atoms with Crippen LogP contribution in [-0.4, -0.2) is 0 Å². The minimum atomic E-state index is -1.57. The topological polar surface area (TPSA) is 0 Å². The highest BCUT2D eigenvalue weighted by molar-refractivity contribution is 6.66. The first-order valence-electron chi connectivity index (χ1n) is 3.76. The smallest absolute Gasteiger partial charge is 0.0924 e. The zero-order valence-corrected chi connectivity index (χ0v) is 13.1. The summed E-state index contributed by atoms with van der Waals surface area (Å²) in [5.74, 6) is 0. The van der Waals surface area contributed by atoms with Gasteiger partial charge >= 0.3 is 0 Å². The van der Waals surface area contributed by atoms with E-state index >= 15 is 0 Å². The molecule has 0 aromatic heterocycles. The van der Waals surface area contributed by atoms with E-state index in [1.165, 1.54) is 0 Å². The first kappa shape index (κ1) is 14.0. The lowest BCUT2D eigenvalue weighted by Gasteiger charge is -2.46. The first-order valence-corrected chi connectivity index (χ1v) is 6.79. The summed E-state index contributed by atoms with van der Waals surface area (Å²) in [6.07, 6.45) is 0. The van der Waals surface area contributed by atoms with Gasteiger partial charge in [-0.15, -0.1) is 0 Å². The minimum Gasteiger partial charge on any atom is -0.0924 e. The van der Waals surface area contributed by atoms with Crippen LogP contribution in [0, 0.1) is 0 Å². The Balaban J connectivity index is 2.88. The Bertz CT molecular complexity index is 445. The van der Waals surface area contributed by atoms with Crippen molar-refractivity contribution < 1.29 is 0 Å². The SMILES string of the molecule is Clc1c(Cl)c(Cl)c2c(c1Cl)C(Cl)(Cl)C2(Cl)Cl. The van der Waals surface area contributed by atoms with Crippen molar-refractivity contribution in [3.05, 3.63) is 31.2 Å². The van der Waals surface area contributed by atoms with Crippen molar-refractivity contribution in [1.29, 1.82) is 0 Å². The van der Waals surface area contributed by atoms with E-state index in [0.29, 0.717) is 11.1 Å². The van der Waals surface area contributed by atoms with Crippen LogP contribution >= 0.6 is 92.8 Å². The van der Waals surface area contributed by atoms with Crippen molar-refractivity contribution in [3.63, 3.8) is 0 Å². The van der Waals surface area contributed by atoms with E-state index in [4.69, 9.17) is 92.8 Å². The molecule has 0 nitrogen and oxygen atoms in total. The van der Waals surface area contributed by atoms with Gasteiger partial charge in [-0.25, -0.2) is 0 Å². The van der Waals surface area contributed by atoms with Crippen LogP contribution in [0.4, 0.5) is 0 Å². The molecule has 0 N–H and O–H groups in total. The number of hydrogen-bond donors (Lipinski definition) is 0. The maximum atomic E-state index is 5.98. The summed E-state index contributed by atoms with van der Waals surface area (Å²) in [5, 5.41) is 0.351. The van der Waals surface area contributed by atoms with Crippen molar-refractivity contribution >= 4 is 92.8 Å². The second-order valence-electron chi connectivity index (χ2n) is 3.15. The summed E-state index contributed by atoms with van der Waals surface area (Å²) in [4.78, 5) is 0. The third-order valence-electron chi connectivity index (χ3n) is 2.29. The summed E-state index contributed by atoms with van der Waals surface area (Å²) < 4.78 is -3.14. The van der Waals surface area contributed by atoms with Crippen LogP contribution in [0.25, 0.3) is 0 Å². The normalized spacial score (nSPS) is 20.2. The number of alkyl halides is 4. The molecule has 0 aliphatic heterocycles. The van der Waals surface area contributed by atoms with Crippen LogP contribution in [0.1, 0.15) is 11.1 Å². The molecule has 1 aromatic rings. The molecule has 1 aliphatic rings. The predicted octanol–water partition coefficient (Wildman–Crippen LogP) is 6.57. The molecule has 1 aromatic carbocycles. The quantitative estimate of drug-likeness (QED) is 0.271. The molecule has 0 fully saturated rings. The Hall–Kier alpha value is 1.54. The third-order valence-corrected chi connectivity index (χ3v) is 6.37. The monoisotopic (exact) mass is 376 g/mol. The van der Waals surface area contributed by atoms with Crippen LogP contribution in [-0.2, 0) is 8.67 Å². The van der Waals surface area contributed by atoms with Crippen molar-refractivity contribution in [1.82, 2.24) is 0 Å². The Labute approximate surface area is 132 Å². The number of fused-ring (bicyclic) bond motifs is 1. The molecule has 88 valence electrons. The van der Waals surface area contributed by atoms with Gasteiger partial charge in [-0.05, 0) is 0 Å². The predicted molar refractivity (Wildman–Crippen MR) is 73.2 cm³/mol. The summed E-state index contributed by atoms with van der Waals surface area (Å²) in [6, 6.07) is 0. The Morgan fingerprint density at radius 2 is 0.750 bits per heavy atom. The number of hydrogen-bond acceptors (Lipinski definition) is 0. The van der Waals surface area contributed by atoms with Gasteiger partial charge in [0.2, 0.25) is 0 Å². The molecule has 0 saturated heterocycles. The highest BCUT2D eigenvalue weighted by Gasteiger charge is 2.64. The molecule has 0 bridgehead atoms. The zero-order chi connectivity index (χ0) is 12.5. The molecule has 16 heavy (non-hydrogen) atoms. The summed E-state index contributed by atoms with van der Waals surface area (Å²) >= 11 is 47.6. The lowest BCUT2D eigenvalue weighted by Crippen LogP contribution is -2.44. The average molecular weight is 380 g/mol. The number of rotatable bonds is 0. The van der Waals surface area contributed by atoms with Crippen LogP contribution in [0.5, 0.6) is 0 Å². The minimum absolute atomic E-state index is 0.0709. The molecule has 1 aliphatic carbocycles. The zero-order valence-electron chi connectivity index (χ0n) is 7.02. The van der Waals surface area contributed by atoms with Crippen molar-refractivity contribution in [3.8, 4) is 0 Å². The van der Waals surface area contributed by atoms with Crippen molar-refractivity contribution in [2.75, 3.05) is 0 Å². The van der Waals surface area contributed by atoms with Gasteiger partial charge in [-0.1, -0.05) is 92.8 Å². The molecular formula is C8Cl8. The summed E-state index contributed by atoms with van der Waals surface area (Å²) in [6.45, 7) is 0. The van der Waals surface area contributed by atoms with E-state index in [9.17, 15) is 0 Å². The average Bonchev–Trinajstić information content (AvgIpc) is 2.19. The van der Waals surface area contributed by atoms with Gasteiger partial charge in [-0.2, -0.15) is 0 Å². The fourth-order valence-electron chi connectivity index (χ4n) is 1.47. The molecular weight excluding hydrogens is 380 g/mol. The molecule has 0 amide bonds. The van der Waals surface area contributed by atoms with Gasteiger partial charge in [0.1, 0.15) is 0 Å². The highest BCUT2D eigenvalue weighted by atomic mass is 35.5. The Kier molecular flexibility index (Phi) is 3.50. The second-order valence-corrected chi connectivity index (χ2v) is 7.32. The second kappa shape index (κ2) is 4.02. The Morgan fingerprint density at radius 1 is 0.500 bits per heavy atom. The first-order chi connectivity index (χ1) is 7.14. The maximum absolute atomic E-state index is 5.98. The number of benzene rings is 1. The fraction of sp³-hybridized carbons (Fsp3) is 0.250. The molecule has 0 heterocycles. The molecule has 2 rings (SSSR count). The third kappa shape index (κ3) is 1.52. The highest BCUT2D eigenvalue weighted by Crippen LogP contribution is 2.71. The summed E-state index contributed by atoms with van der Waals surface area (Å²) in [7, 11) is 0. The van der Waals surface area contributed by atoms with Gasteiger partial charge < -0.3 is 0 Å².